The van der Waals surface area contributed by atoms with E-state index in [1.54, 1.807) is 0 Å². The van der Waals surface area contributed by atoms with Crippen LogP contribution in [-0.4, -0.2) is 23.5 Å². The molecule has 18 heavy (non-hydrogen) atoms. The molecule has 4 heteroatoms. The monoisotopic (exact) mass is 327 g/mol. The highest BCUT2D eigenvalue weighted by molar-refractivity contribution is 9.10. The Kier molecular flexibility index (Phi) is 4.73. The molecule has 0 saturated heterocycles. The van der Waals surface area contributed by atoms with Gasteiger partial charge in [0, 0.05) is 21.3 Å². The predicted octanol–water partition coefficient (Wildman–Crippen LogP) is 3.77. The van der Waals surface area contributed by atoms with Gasteiger partial charge in [-0.25, -0.2) is 0 Å². The van der Waals surface area contributed by atoms with E-state index in [9.17, 15) is 4.79 Å². The molecule has 0 aromatic heterocycles. The highest BCUT2D eigenvalue weighted by atomic mass is 79.9. The van der Waals surface area contributed by atoms with E-state index >= 15 is 0 Å². The van der Waals surface area contributed by atoms with Crippen molar-refractivity contribution in [3.8, 4) is 0 Å². The first kappa shape index (κ1) is 13.9. The molecule has 1 aromatic carbocycles. The largest absolute Gasteiger partial charge is 0.349 e. The fourth-order valence-electron chi connectivity index (χ4n) is 2.34. The van der Waals surface area contributed by atoms with Crippen molar-refractivity contribution in [3.63, 3.8) is 0 Å². The van der Waals surface area contributed by atoms with Gasteiger partial charge in [0.05, 0.1) is 0 Å². The van der Waals surface area contributed by atoms with Gasteiger partial charge >= 0.3 is 0 Å². The molecule has 1 fully saturated rings. The van der Waals surface area contributed by atoms with Crippen LogP contribution in [0, 0.1) is 6.92 Å². The normalized spacial score (nSPS) is 23.1. The highest BCUT2D eigenvalue weighted by Gasteiger charge is 2.25. The molecule has 0 spiro atoms. The van der Waals surface area contributed by atoms with Gasteiger partial charge in [-0.2, -0.15) is 11.8 Å². The maximum absolute atomic E-state index is 12.1. The number of thioether (sulfide) groups is 1. The first-order valence-corrected chi connectivity index (χ1v) is 8.28. The first-order chi connectivity index (χ1) is 8.60. The number of halogens is 1. The average Bonchev–Trinajstić information content (AvgIpc) is 2.80. The van der Waals surface area contributed by atoms with Crippen molar-refractivity contribution in [1.82, 2.24) is 5.32 Å². The molecule has 1 aromatic rings. The Bertz CT molecular complexity index is 449. The van der Waals surface area contributed by atoms with Crippen LogP contribution in [0.25, 0.3) is 0 Å². The standard InChI is InChI=1S/C14H18BrNOS/c1-9-7-10(3-6-13(9)15)14(17)16-11-4-5-12(8-11)18-2/h3,6-7,11-12H,4-5,8H2,1-2H3,(H,16,17). The summed E-state index contributed by atoms with van der Waals surface area (Å²) in [5, 5.41) is 3.85. The number of benzene rings is 1. The van der Waals surface area contributed by atoms with Crippen molar-refractivity contribution in [1.29, 1.82) is 0 Å². The summed E-state index contributed by atoms with van der Waals surface area (Å²) in [7, 11) is 0. The molecular weight excluding hydrogens is 310 g/mol. The number of rotatable bonds is 3. The number of carbonyl (C=O) groups excluding carboxylic acids is 1. The molecule has 98 valence electrons. The van der Waals surface area contributed by atoms with Gasteiger partial charge in [0.1, 0.15) is 0 Å². The zero-order valence-corrected chi connectivity index (χ0v) is 13.1. The zero-order chi connectivity index (χ0) is 13.1. The lowest BCUT2D eigenvalue weighted by Crippen LogP contribution is -2.33. The van der Waals surface area contributed by atoms with E-state index in [2.05, 4.69) is 27.5 Å². The number of amides is 1. The van der Waals surface area contributed by atoms with Gasteiger partial charge in [0.15, 0.2) is 0 Å². The topological polar surface area (TPSA) is 29.1 Å². The molecule has 2 unspecified atom stereocenters. The van der Waals surface area contributed by atoms with Crippen LogP contribution < -0.4 is 5.32 Å². The molecule has 1 N–H and O–H groups in total. The third-order valence-corrected chi connectivity index (χ3v) is 5.46. The molecule has 2 atom stereocenters. The van der Waals surface area contributed by atoms with Crippen LogP contribution in [0.4, 0.5) is 0 Å². The van der Waals surface area contributed by atoms with E-state index in [1.807, 2.05) is 36.9 Å². The summed E-state index contributed by atoms with van der Waals surface area (Å²) in [4.78, 5) is 12.1. The second-order valence-corrected chi connectivity index (χ2v) is 6.80. The molecule has 2 nitrogen and oxygen atoms in total. The van der Waals surface area contributed by atoms with Crippen LogP contribution in [0.5, 0.6) is 0 Å². The van der Waals surface area contributed by atoms with Gasteiger partial charge in [0.2, 0.25) is 0 Å². The number of hydrogen-bond acceptors (Lipinski definition) is 2. The van der Waals surface area contributed by atoms with Gasteiger partial charge in [-0.15, -0.1) is 0 Å². The van der Waals surface area contributed by atoms with Crippen LogP contribution in [0.3, 0.4) is 0 Å². The fraction of sp³-hybridized carbons (Fsp3) is 0.500. The number of nitrogens with one attached hydrogen (secondary N) is 1. The van der Waals surface area contributed by atoms with E-state index in [4.69, 9.17) is 0 Å². The van der Waals surface area contributed by atoms with Crippen molar-refractivity contribution in [2.45, 2.75) is 37.5 Å². The Morgan fingerprint density at radius 3 is 2.83 bits per heavy atom. The quantitative estimate of drug-likeness (QED) is 0.915. The smallest absolute Gasteiger partial charge is 0.251 e. The summed E-state index contributed by atoms with van der Waals surface area (Å²) in [6.07, 6.45) is 5.56. The lowest BCUT2D eigenvalue weighted by Gasteiger charge is -2.13. The molecule has 1 aliphatic rings. The summed E-state index contributed by atoms with van der Waals surface area (Å²) in [6, 6.07) is 6.08. The van der Waals surface area contributed by atoms with Crippen molar-refractivity contribution in [3.05, 3.63) is 33.8 Å². The Hall–Kier alpha value is -0.480. The summed E-state index contributed by atoms with van der Waals surface area (Å²) < 4.78 is 1.04. The Morgan fingerprint density at radius 2 is 2.22 bits per heavy atom. The van der Waals surface area contributed by atoms with E-state index < -0.39 is 0 Å². The molecule has 2 rings (SSSR count). The molecule has 0 aliphatic heterocycles. The molecule has 1 saturated carbocycles. The zero-order valence-electron chi connectivity index (χ0n) is 10.7. The highest BCUT2D eigenvalue weighted by Crippen LogP contribution is 2.28. The van der Waals surface area contributed by atoms with Gasteiger partial charge in [-0.1, -0.05) is 15.9 Å². The minimum absolute atomic E-state index is 0.0531. The van der Waals surface area contributed by atoms with Crippen molar-refractivity contribution in [2.24, 2.45) is 0 Å². The van der Waals surface area contributed by atoms with E-state index in [0.29, 0.717) is 11.3 Å². The van der Waals surface area contributed by atoms with Gasteiger partial charge in [-0.05, 0) is 56.2 Å². The van der Waals surface area contributed by atoms with Crippen LogP contribution in [0.15, 0.2) is 22.7 Å². The summed E-state index contributed by atoms with van der Waals surface area (Å²) in [6.45, 7) is 2.00. The maximum atomic E-state index is 12.1. The molecule has 0 heterocycles. The molecule has 0 radical (unpaired) electrons. The van der Waals surface area contributed by atoms with E-state index in [0.717, 1.165) is 28.4 Å². The van der Waals surface area contributed by atoms with Crippen LogP contribution in [-0.2, 0) is 0 Å². The van der Waals surface area contributed by atoms with Gasteiger partial charge < -0.3 is 5.32 Å². The van der Waals surface area contributed by atoms with Crippen molar-refractivity contribution >= 4 is 33.6 Å². The molecule has 1 amide bonds. The third-order valence-electron chi connectivity index (χ3n) is 3.47. The second kappa shape index (κ2) is 6.11. The predicted molar refractivity (Wildman–Crippen MR) is 81.3 cm³/mol. The van der Waals surface area contributed by atoms with Crippen molar-refractivity contribution < 1.29 is 4.79 Å². The summed E-state index contributed by atoms with van der Waals surface area (Å²) in [5.41, 5.74) is 1.85. The third kappa shape index (κ3) is 3.29. The van der Waals surface area contributed by atoms with E-state index in [1.165, 1.54) is 6.42 Å². The summed E-state index contributed by atoms with van der Waals surface area (Å²) in [5.74, 6) is 0.0531. The number of aryl methyl sites for hydroxylation is 1. The minimum atomic E-state index is 0.0531. The van der Waals surface area contributed by atoms with Crippen LogP contribution in [0.1, 0.15) is 35.2 Å². The van der Waals surface area contributed by atoms with Crippen LogP contribution in [0.2, 0.25) is 0 Å². The minimum Gasteiger partial charge on any atom is -0.349 e. The first-order valence-electron chi connectivity index (χ1n) is 6.20. The Balaban J connectivity index is 1.97. The van der Waals surface area contributed by atoms with Gasteiger partial charge in [0.25, 0.3) is 5.91 Å². The van der Waals surface area contributed by atoms with Gasteiger partial charge in [-0.3, -0.25) is 4.79 Å². The average molecular weight is 328 g/mol. The van der Waals surface area contributed by atoms with Crippen LogP contribution >= 0.6 is 27.7 Å². The SMILES string of the molecule is CSC1CCC(NC(=O)c2ccc(Br)c(C)c2)C1. The maximum Gasteiger partial charge on any atom is 0.251 e. The van der Waals surface area contributed by atoms with E-state index in [-0.39, 0.29) is 5.91 Å². The molecular formula is C14H18BrNOS. The second-order valence-electron chi connectivity index (χ2n) is 4.81. The lowest BCUT2D eigenvalue weighted by atomic mass is 10.1. The molecule has 1 aliphatic carbocycles. The van der Waals surface area contributed by atoms with Crippen molar-refractivity contribution in [2.75, 3.05) is 6.26 Å². The molecule has 0 bridgehead atoms. The number of carbonyl (C=O) groups is 1. The lowest BCUT2D eigenvalue weighted by molar-refractivity contribution is 0.0938. The Labute approximate surface area is 121 Å². The summed E-state index contributed by atoms with van der Waals surface area (Å²) >= 11 is 5.36. The fourth-order valence-corrected chi connectivity index (χ4v) is 3.38. The number of hydrogen-bond donors (Lipinski definition) is 1. The Morgan fingerprint density at radius 1 is 1.44 bits per heavy atom.